The first-order valence-corrected chi connectivity index (χ1v) is 11.1. The van der Waals surface area contributed by atoms with Crippen LogP contribution in [0.5, 0.6) is 5.75 Å². The number of carbonyl (C=O) groups is 1. The number of ether oxygens (including phenoxy) is 2. The predicted molar refractivity (Wildman–Crippen MR) is 127 cm³/mol. The molecule has 3 rings (SSSR count). The number of carbonyl (C=O) groups excluding carboxylic acids is 1. The van der Waals surface area contributed by atoms with Gasteiger partial charge in [0.15, 0.2) is 5.65 Å². The number of rotatable bonds is 7. The van der Waals surface area contributed by atoms with E-state index in [-0.39, 0.29) is 6.61 Å². The van der Waals surface area contributed by atoms with E-state index in [1.807, 2.05) is 52.0 Å². The van der Waals surface area contributed by atoms with E-state index < -0.39 is 17.2 Å². The number of nitrogens with zero attached hydrogens (tertiary/aromatic N) is 2. The van der Waals surface area contributed by atoms with Gasteiger partial charge in [0.05, 0.1) is 16.8 Å². The minimum atomic E-state index is -0.618. The van der Waals surface area contributed by atoms with Crippen LogP contribution in [0.15, 0.2) is 36.7 Å². The summed E-state index contributed by atoms with van der Waals surface area (Å²) < 4.78 is 11.5. The fourth-order valence-corrected chi connectivity index (χ4v) is 3.96. The van der Waals surface area contributed by atoms with Gasteiger partial charge in [-0.3, -0.25) is 5.10 Å². The molecule has 0 saturated heterocycles. The molecule has 1 amide bonds. The van der Waals surface area contributed by atoms with Crippen molar-refractivity contribution in [1.29, 1.82) is 0 Å². The lowest BCUT2D eigenvalue weighted by molar-refractivity contribution is 0.0408. The zero-order valence-corrected chi connectivity index (χ0v) is 20.2. The van der Waals surface area contributed by atoms with E-state index in [4.69, 9.17) is 21.1 Å². The summed E-state index contributed by atoms with van der Waals surface area (Å²) in [5, 5.41) is 11.3. The molecule has 1 aromatic carbocycles. The lowest BCUT2D eigenvalue weighted by Gasteiger charge is -2.33. The number of alkyl carbamates (subject to hydrolysis) is 1. The van der Waals surface area contributed by atoms with Crippen molar-refractivity contribution in [2.45, 2.75) is 59.1 Å². The molecule has 0 unspecified atom stereocenters. The number of amides is 1. The second-order valence-electron chi connectivity index (χ2n) is 9.71. The van der Waals surface area contributed by atoms with E-state index >= 15 is 0 Å². The highest BCUT2D eigenvalue weighted by molar-refractivity contribution is 6.32. The Morgan fingerprint density at radius 1 is 1.22 bits per heavy atom. The normalized spacial score (nSPS) is 13.8. The lowest BCUT2D eigenvalue weighted by Crippen LogP contribution is -2.52. The van der Waals surface area contributed by atoms with Crippen molar-refractivity contribution in [1.82, 2.24) is 20.5 Å². The molecule has 8 heteroatoms. The highest BCUT2D eigenvalue weighted by Crippen LogP contribution is 2.33. The summed E-state index contributed by atoms with van der Waals surface area (Å²) in [6.07, 6.45) is 3.73. The van der Waals surface area contributed by atoms with Crippen molar-refractivity contribution >= 4 is 28.7 Å². The SMILES string of the molecule is CC(C)C[C@@](C)(COc1ccc(-c2ccnc3[nH]ncc23)cc1Cl)NC(=O)OC(C)(C)C. The third kappa shape index (κ3) is 6.13. The first-order valence-electron chi connectivity index (χ1n) is 10.7. The molecule has 1 atom stereocenters. The molecule has 0 spiro atoms. The number of hydrogen-bond acceptors (Lipinski definition) is 5. The number of halogens is 1. The van der Waals surface area contributed by atoms with E-state index in [2.05, 4.69) is 34.3 Å². The number of H-pyrrole nitrogens is 1. The number of nitrogens with one attached hydrogen (secondary N) is 2. The first-order chi connectivity index (χ1) is 15.0. The van der Waals surface area contributed by atoms with Crippen LogP contribution in [-0.2, 0) is 4.74 Å². The Hall–Kier alpha value is -2.80. The Kier molecular flexibility index (Phi) is 6.98. The lowest BCUT2D eigenvalue weighted by atomic mass is 9.91. The maximum Gasteiger partial charge on any atom is 0.408 e. The van der Waals surface area contributed by atoms with Crippen LogP contribution in [0.4, 0.5) is 4.79 Å². The van der Waals surface area contributed by atoms with E-state index in [0.29, 0.717) is 16.7 Å². The van der Waals surface area contributed by atoms with Crippen LogP contribution < -0.4 is 10.1 Å². The van der Waals surface area contributed by atoms with Gasteiger partial charge in [0, 0.05) is 11.6 Å². The number of benzene rings is 1. The molecule has 0 bridgehead atoms. The number of aromatic nitrogens is 3. The number of aromatic amines is 1. The quantitative estimate of drug-likeness (QED) is 0.454. The van der Waals surface area contributed by atoms with E-state index in [1.54, 1.807) is 12.4 Å². The van der Waals surface area contributed by atoms with Crippen LogP contribution in [0.1, 0.15) is 48.0 Å². The van der Waals surface area contributed by atoms with Gasteiger partial charge in [0.2, 0.25) is 0 Å². The second kappa shape index (κ2) is 9.36. The van der Waals surface area contributed by atoms with Crippen LogP contribution in [0.2, 0.25) is 5.02 Å². The van der Waals surface area contributed by atoms with Crippen LogP contribution in [-0.4, -0.2) is 39.0 Å². The molecule has 172 valence electrons. The van der Waals surface area contributed by atoms with E-state index in [9.17, 15) is 4.79 Å². The Balaban J connectivity index is 1.76. The Morgan fingerprint density at radius 3 is 2.62 bits per heavy atom. The Morgan fingerprint density at radius 2 is 1.97 bits per heavy atom. The fourth-order valence-electron chi connectivity index (χ4n) is 3.72. The standard InChI is InChI=1S/C24H31ClN4O3/c1-15(2)12-24(6,28-22(30)32-23(3,4)5)14-31-20-8-7-16(11-19(20)25)17-9-10-26-21-18(17)13-27-29-21/h7-11,13,15H,12,14H2,1-6H3,(H,28,30)(H,26,27,29)/t24-/m0/s1. The van der Waals surface area contributed by atoms with Crippen LogP contribution in [0, 0.1) is 5.92 Å². The summed E-state index contributed by atoms with van der Waals surface area (Å²) in [6.45, 7) is 11.9. The highest BCUT2D eigenvalue weighted by atomic mass is 35.5. The molecule has 0 aliphatic carbocycles. The molecule has 32 heavy (non-hydrogen) atoms. The van der Waals surface area contributed by atoms with Crippen molar-refractivity contribution in [3.8, 4) is 16.9 Å². The van der Waals surface area contributed by atoms with E-state index in [1.165, 1.54) is 0 Å². The van der Waals surface area contributed by atoms with Gasteiger partial charge in [-0.15, -0.1) is 0 Å². The zero-order valence-electron chi connectivity index (χ0n) is 19.5. The predicted octanol–water partition coefficient (Wildman–Crippen LogP) is 5.99. The van der Waals surface area contributed by atoms with Gasteiger partial charge in [-0.2, -0.15) is 5.10 Å². The molecular formula is C24H31ClN4O3. The smallest absolute Gasteiger partial charge is 0.408 e. The molecule has 0 saturated carbocycles. The van der Waals surface area contributed by atoms with Gasteiger partial charge >= 0.3 is 6.09 Å². The molecule has 0 aliphatic heterocycles. The van der Waals surface area contributed by atoms with Gasteiger partial charge in [-0.05, 0) is 69.4 Å². The maximum absolute atomic E-state index is 12.4. The van der Waals surface area contributed by atoms with Crippen molar-refractivity contribution < 1.29 is 14.3 Å². The Bertz CT molecular complexity index is 1090. The summed E-state index contributed by atoms with van der Waals surface area (Å²) in [6, 6.07) is 7.57. The summed E-state index contributed by atoms with van der Waals surface area (Å²) >= 11 is 6.56. The third-order valence-electron chi connectivity index (χ3n) is 4.80. The van der Waals surface area contributed by atoms with Crippen molar-refractivity contribution in [2.24, 2.45) is 5.92 Å². The molecule has 0 aliphatic rings. The van der Waals surface area contributed by atoms with Crippen molar-refractivity contribution in [3.05, 3.63) is 41.7 Å². The largest absolute Gasteiger partial charge is 0.490 e. The summed E-state index contributed by atoms with van der Waals surface area (Å²) in [7, 11) is 0. The topological polar surface area (TPSA) is 89.1 Å². The van der Waals surface area contributed by atoms with Crippen LogP contribution in [0.3, 0.4) is 0 Å². The molecule has 3 aromatic rings. The maximum atomic E-state index is 12.4. The number of pyridine rings is 1. The summed E-state index contributed by atoms with van der Waals surface area (Å²) in [5.74, 6) is 0.898. The van der Waals surface area contributed by atoms with E-state index in [0.717, 1.165) is 28.6 Å². The zero-order chi connectivity index (χ0) is 23.5. The molecular weight excluding hydrogens is 428 g/mol. The Labute approximate surface area is 193 Å². The molecule has 2 heterocycles. The minimum absolute atomic E-state index is 0.255. The molecule has 2 N–H and O–H groups in total. The van der Waals surface area contributed by atoms with Crippen molar-refractivity contribution in [2.75, 3.05) is 6.61 Å². The molecule has 2 aromatic heterocycles. The third-order valence-corrected chi connectivity index (χ3v) is 5.10. The fraction of sp³-hybridized carbons (Fsp3) is 0.458. The monoisotopic (exact) mass is 458 g/mol. The molecule has 7 nitrogen and oxygen atoms in total. The van der Waals surface area contributed by atoms with Crippen molar-refractivity contribution in [3.63, 3.8) is 0 Å². The minimum Gasteiger partial charge on any atom is -0.490 e. The molecule has 0 fully saturated rings. The number of fused-ring (bicyclic) bond motifs is 1. The highest BCUT2D eigenvalue weighted by Gasteiger charge is 2.31. The van der Waals surface area contributed by atoms with Gasteiger partial charge < -0.3 is 14.8 Å². The van der Waals surface area contributed by atoms with Crippen LogP contribution >= 0.6 is 11.6 Å². The average molecular weight is 459 g/mol. The second-order valence-corrected chi connectivity index (χ2v) is 10.1. The van der Waals surface area contributed by atoms with Gasteiger partial charge in [-0.1, -0.05) is 31.5 Å². The average Bonchev–Trinajstić information content (AvgIpc) is 3.13. The first kappa shape index (κ1) is 23.9. The summed E-state index contributed by atoms with van der Waals surface area (Å²) in [4.78, 5) is 16.7. The van der Waals surface area contributed by atoms with Gasteiger partial charge in [-0.25, -0.2) is 9.78 Å². The van der Waals surface area contributed by atoms with Gasteiger partial charge in [0.25, 0.3) is 0 Å². The molecule has 0 radical (unpaired) electrons. The summed E-state index contributed by atoms with van der Waals surface area (Å²) in [5.41, 5.74) is 1.45. The van der Waals surface area contributed by atoms with Crippen LogP contribution in [0.25, 0.3) is 22.2 Å². The van der Waals surface area contributed by atoms with Gasteiger partial charge in [0.1, 0.15) is 18.0 Å². The number of hydrogen-bond donors (Lipinski definition) is 2.